The van der Waals surface area contributed by atoms with Gasteiger partial charge in [0.25, 0.3) is 5.91 Å². The van der Waals surface area contributed by atoms with Crippen LogP contribution in [0.3, 0.4) is 0 Å². The Morgan fingerprint density at radius 1 is 0.889 bits per heavy atom. The SMILES string of the molecule is COc1ccc(NC(=O)COC(=O)COc2cc(C)cc(C)c2)cc1OC. The summed E-state index contributed by atoms with van der Waals surface area (Å²) in [4.78, 5) is 23.7. The van der Waals surface area contributed by atoms with Crippen LogP contribution < -0.4 is 19.5 Å². The van der Waals surface area contributed by atoms with Crippen LogP contribution in [0.25, 0.3) is 0 Å². The number of carbonyl (C=O) groups is 2. The summed E-state index contributed by atoms with van der Waals surface area (Å²) in [6, 6.07) is 10.6. The van der Waals surface area contributed by atoms with Gasteiger partial charge in [0.2, 0.25) is 0 Å². The normalized spacial score (nSPS) is 10.1. The summed E-state index contributed by atoms with van der Waals surface area (Å²) >= 11 is 0. The van der Waals surface area contributed by atoms with Gasteiger partial charge >= 0.3 is 5.97 Å². The average Bonchev–Trinajstić information content (AvgIpc) is 2.63. The number of rotatable bonds is 8. The lowest BCUT2D eigenvalue weighted by molar-refractivity contribution is -0.149. The first-order valence-electron chi connectivity index (χ1n) is 8.30. The lowest BCUT2D eigenvalue weighted by atomic mass is 10.1. The van der Waals surface area contributed by atoms with Crippen LogP contribution >= 0.6 is 0 Å². The van der Waals surface area contributed by atoms with Crippen LogP contribution in [-0.4, -0.2) is 39.3 Å². The van der Waals surface area contributed by atoms with Gasteiger partial charge < -0.3 is 24.3 Å². The Balaban J connectivity index is 1.80. The lowest BCUT2D eigenvalue weighted by Gasteiger charge is -2.11. The number of esters is 1. The molecule has 0 aliphatic carbocycles. The third-order valence-electron chi connectivity index (χ3n) is 3.58. The van der Waals surface area contributed by atoms with Gasteiger partial charge in [0.05, 0.1) is 14.2 Å². The Morgan fingerprint density at radius 2 is 1.56 bits per heavy atom. The van der Waals surface area contributed by atoms with Gasteiger partial charge in [0.15, 0.2) is 24.7 Å². The predicted octanol–water partition coefficient (Wildman–Crippen LogP) is 2.88. The molecule has 0 atom stereocenters. The van der Waals surface area contributed by atoms with E-state index >= 15 is 0 Å². The molecule has 0 heterocycles. The first kappa shape index (κ1) is 20.1. The van der Waals surface area contributed by atoms with Crippen LogP contribution in [0.2, 0.25) is 0 Å². The molecule has 0 aliphatic heterocycles. The number of methoxy groups -OCH3 is 2. The second-order valence-electron chi connectivity index (χ2n) is 5.89. The van der Waals surface area contributed by atoms with Crippen molar-refractivity contribution in [3.05, 3.63) is 47.5 Å². The third-order valence-corrected chi connectivity index (χ3v) is 3.58. The molecule has 2 aromatic carbocycles. The number of nitrogens with one attached hydrogen (secondary N) is 1. The number of amides is 1. The molecule has 7 nitrogen and oxygen atoms in total. The minimum atomic E-state index is -0.628. The van der Waals surface area contributed by atoms with Gasteiger partial charge in [-0.1, -0.05) is 6.07 Å². The summed E-state index contributed by atoms with van der Waals surface area (Å²) < 4.78 is 20.6. The largest absolute Gasteiger partial charge is 0.493 e. The van der Waals surface area contributed by atoms with E-state index < -0.39 is 18.5 Å². The zero-order chi connectivity index (χ0) is 19.8. The quantitative estimate of drug-likeness (QED) is 0.717. The number of aryl methyl sites for hydroxylation is 2. The average molecular weight is 373 g/mol. The van der Waals surface area contributed by atoms with Crippen molar-refractivity contribution < 1.29 is 28.5 Å². The Kier molecular flexibility index (Phi) is 7.05. The number of hydrogen-bond donors (Lipinski definition) is 1. The van der Waals surface area contributed by atoms with Crippen molar-refractivity contribution in [3.63, 3.8) is 0 Å². The first-order chi connectivity index (χ1) is 12.9. The molecule has 0 radical (unpaired) electrons. The standard InChI is InChI=1S/C20H23NO6/c1-13-7-14(2)9-16(8-13)26-12-20(23)27-11-19(22)21-15-5-6-17(24-3)18(10-15)25-4/h5-10H,11-12H2,1-4H3,(H,21,22). The Bertz CT molecular complexity index is 798. The molecule has 144 valence electrons. The monoisotopic (exact) mass is 373 g/mol. The highest BCUT2D eigenvalue weighted by Crippen LogP contribution is 2.29. The molecule has 0 spiro atoms. The molecule has 0 unspecified atom stereocenters. The van der Waals surface area contributed by atoms with Gasteiger partial charge in [-0.25, -0.2) is 4.79 Å². The molecule has 0 bridgehead atoms. The molecule has 2 aromatic rings. The Hall–Kier alpha value is -3.22. The van der Waals surface area contributed by atoms with Gasteiger partial charge in [-0.3, -0.25) is 4.79 Å². The molecule has 0 fully saturated rings. The van der Waals surface area contributed by atoms with Gasteiger partial charge in [0, 0.05) is 11.8 Å². The predicted molar refractivity (Wildman–Crippen MR) is 101 cm³/mol. The maximum absolute atomic E-state index is 11.9. The Labute approximate surface area is 158 Å². The maximum Gasteiger partial charge on any atom is 0.344 e. The minimum Gasteiger partial charge on any atom is -0.493 e. The van der Waals surface area contributed by atoms with Crippen molar-refractivity contribution in [2.75, 3.05) is 32.8 Å². The van der Waals surface area contributed by atoms with E-state index in [0.29, 0.717) is 22.9 Å². The van der Waals surface area contributed by atoms with Crippen LogP contribution in [0.1, 0.15) is 11.1 Å². The fourth-order valence-corrected chi connectivity index (χ4v) is 2.46. The summed E-state index contributed by atoms with van der Waals surface area (Å²) in [5, 5.41) is 2.62. The fraction of sp³-hybridized carbons (Fsp3) is 0.300. The number of benzene rings is 2. The molecular formula is C20H23NO6. The molecule has 7 heteroatoms. The number of anilines is 1. The van der Waals surface area contributed by atoms with E-state index in [4.69, 9.17) is 18.9 Å². The van der Waals surface area contributed by atoms with E-state index in [1.54, 1.807) is 18.2 Å². The van der Waals surface area contributed by atoms with E-state index in [0.717, 1.165) is 11.1 Å². The summed E-state index contributed by atoms with van der Waals surface area (Å²) in [5.74, 6) is 0.512. The summed E-state index contributed by atoms with van der Waals surface area (Å²) in [7, 11) is 3.02. The van der Waals surface area contributed by atoms with Crippen LogP contribution in [0.15, 0.2) is 36.4 Å². The van der Waals surface area contributed by atoms with Crippen LogP contribution in [-0.2, 0) is 14.3 Å². The molecule has 2 rings (SSSR count). The Morgan fingerprint density at radius 3 is 2.19 bits per heavy atom. The van der Waals surface area contributed by atoms with Crippen LogP contribution in [0.5, 0.6) is 17.2 Å². The molecule has 0 saturated carbocycles. The van der Waals surface area contributed by atoms with E-state index in [9.17, 15) is 9.59 Å². The molecule has 1 amide bonds. The van der Waals surface area contributed by atoms with Crippen molar-refractivity contribution in [2.24, 2.45) is 0 Å². The molecular weight excluding hydrogens is 350 g/mol. The molecule has 0 saturated heterocycles. The third kappa shape index (κ3) is 6.22. The topological polar surface area (TPSA) is 83.1 Å². The number of carbonyl (C=O) groups excluding carboxylic acids is 2. The zero-order valence-corrected chi connectivity index (χ0v) is 15.8. The summed E-state index contributed by atoms with van der Waals surface area (Å²) in [5.41, 5.74) is 2.57. The molecule has 27 heavy (non-hydrogen) atoms. The van der Waals surface area contributed by atoms with Crippen molar-refractivity contribution in [1.29, 1.82) is 0 Å². The van der Waals surface area contributed by atoms with Gasteiger partial charge in [-0.15, -0.1) is 0 Å². The highest BCUT2D eigenvalue weighted by atomic mass is 16.6. The van der Waals surface area contributed by atoms with Crippen molar-refractivity contribution in [1.82, 2.24) is 0 Å². The summed E-state index contributed by atoms with van der Waals surface area (Å²) in [6.45, 7) is 3.20. The highest BCUT2D eigenvalue weighted by Gasteiger charge is 2.11. The van der Waals surface area contributed by atoms with E-state index in [-0.39, 0.29) is 6.61 Å². The second-order valence-corrected chi connectivity index (χ2v) is 5.89. The van der Waals surface area contributed by atoms with Crippen molar-refractivity contribution in [2.45, 2.75) is 13.8 Å². The van der Waals surface area contributed by atoms with Crippen LogP contribution in [0.4, 0.5) is 5.69 Å². The maximum atomic E-state index is 11.9. The van der Waals surface area contributed by atoms with Gasteiger partial charge in [0.1, 0.15) is 5.75 Å². The highest BCUT2D eigenvalue weighted by molar-refractivity contribution is 5.93. The first-order valence-corrected chi connectivity index (χ1v) is 8.30. The van der Waals surface area contributed by atoms with E-state index in [1.807, 2.05) is 32.0 Å². The molecule has 0 aromatic heterocycles. The van der Waals surface area contributed by atoms with Gasteiger partial charge in [-0.05, 0) is 49.2 Å². The smallest absolute Gasteiger partial charge is 0.344 e. The second kappa shape index (κ2) is 9.47. The van der Waals surface area contributed by atoms with Crippen molar-refractivity contribution in [3.8, 4) is 17.2 Å². The number of hydrogen-bond acceptors (Lipinski definition) is 6. The van der Waals surface area contributed by atoms with E-state index in [2.05, 4.69) is 5.32 Å². The van der Waals surface area contributed by atoms with Gasteiger partial charge in [-0.2, -0.15) is 0 Å². The number of ether oxygens (including phenoxy) is 4. The molecule has 1 N–H and O–H groups in total. The molecule has 0 aliphatic rings. The lowest BCUT2D eigenvalue weighted by Crippen LogP contribution is -2.23. The fourth-order valence-electron chi connectivity index (χ4n) is 2.46. The van der Waals surface area contributed by atoms with E-state index in [1.165, 1.54) is 14.2 Å². The van der Waals surface area contributed by atoms with Crippen LogP contribution in [0, 0.1) is 13.8 Å². The summed E-state index contributed by atoms with van der Waals surface area (Å²) in [6.07, 6.45) is 0. The van der Waals surface area contributed by atoms with Crippen molar-refractivity contribution >= 4 is 17.6 Å². The minimum absolute atomic E-state index is 0.271. The zero-order valence-electron chi connectivity index (χ0n) is 15.8.